The van der Waals surface area contributed by atoms with E-state index in [1.165, 1.54) is 0 Å². The Hall–Kier alpha value is -4.04. The summed E-state index contributed by atoms with van der Waals surface area (Å²) < 4.78 is 0. The average molecular weight is 495 g/mol. The molecule has 1 rings (SSSR count). The maximum Gasteiger partial charge on any atom is 0.328 e. The van der Waals surface area contributed by atoms with E-state index in [1.807, 2.05) is 0 Å². The number of carbonyl (C=O) groups is 6. The summed E-state index contributed by atoms with van der Waals surface area (Å²) in [5.74, 6) is -6.23. The monoisotopic (exact) mass is 494 g/mol. The molecule has 11 N–H and O–H groups in total. The Morgan fingerprint density at radius 3 is 1.83 bits per heavy atom. The number of aliphatic carboxylic acids is 1. The van der Waals surface area contributed by atoms with Gasteiger partial charge < -0.3 is 43.4 Å². The Morgan fingerprint density at radius 1 is 0.829 bits per heavy atom. The van der Waals surface area contributed by atoms with Gasteiger partial charge >= 0.3 is 5.97 Å². The van der Waals surface area contributed by atoms with Gasteiger partial charge in [0.1, 0.15) is 12.1 Å². The molecule has 0 fully saturated rings. The molecule has 5 unspecified atom stereocenters. The van der Waals surface area contributed by atoms with Crippen molar-refractivity contribution in [2.45, 2.75) is 56.5 Å². The highest BCUT2D eigenvalue weighted by Gasteiger charge is 2.32. The number of carbonyl (C=O) groups excluding carboxylic acids is 5. The van der Waals surface area contributed by atoms with Gasteiger partial charge in [-0.3, -0.25) is 24.0 Å². The summed E-state index contributed by atoms with van der Waals surface area (Å²) in [5.41, 5.74) is 16.3. The molecule has 14 nitrogen and oxygen atoms in total. The highest BCUT2D eigenvalue weighted by atomic mass is 16.4. The minimum atomic E-state index is -1.66. The molecule has 0 saturated carbocycles. The van der Waals surface area contributed by atoms with Crippen molar-refractivity contribution in [1.29, 1.82) is 0 Å². The van der Waals surface area contributed by atoms with Crippen LogP contribution in [0, 0.1) is 0 Å². The Morgan fingerprint density at radius 2 is 1.34 bits per heavy atom. The lowest BCUT2D eigenvalue weighted by Gasteiger charge is -2.25. The molecule has 0 saturated heterocycles. The molecule has 0 aliphatic heterocycles. The fourth-order valence-corrected chi connectivity index (χ4v) is 2.97. The summed E-state index contributed by atoms with van der Waals surface area (Å²) in [6.45, 7) is 1.16. The molecule has 5 atom stereocenters. The number of carboxylic acid groups (broad SMARTS) is 1. The molecule has 0 aliphatic carbocycles. The topological polar surface area (TPSA) is 257 Å². The van der Waals surface area contributed by atoms with Gasteiger partial charge in [-0.25, -0.2) is 4.79 Å². The number of nitrogens with two attached hydrogens (primary N) is 3. The minimum Gasteiger partial charge on any atom is -0.480 e. The van der Waals surface area contributed by atoms with Crippen LogP contribution in [0.25, 0.3) is 0 Å². The standard InChI is InChI=1S/C21H30N6O8/c1-10(28)17(21(34)35)27-20(33)13(7-11-5-3-2-4-6-11)26-19(32)14(9-16(24)30)25-18(31)12(22)8-15(23)29/h2-6,10,12-14,17,28H,7-9,22H2,1H3,(H2,23,29)(H2,24,30)(H,25,31)(H,26,32)(H,27,33)(H,34,35). The van der Waals surface area contributed by atoms with Crippen molar-refractivity contribution in [2.75, 3.05) is 0 Å². The number of nitrogens with one attached hydrogen (secondary N) is 3. The quantitative estimate of drug-likeness (QED) is 0.126. The van der Waals surface area contributed by atoms with Crippen molar-refractivity contribution < 1.29 is 39.0 Å². The molecule has 0 aromatic heterocycles. The first kappa shape index (κ1) is 29.0. The largest absolute Gasteiger partial charge is 0.480 e. The second-order valence-corrected chi connectivity index (χ2v) is 7.82. The molecule has 0 heterocycles. The lowest BCUT2D eigenvalue weighted by molar-refractivity contribution is -0.145. The molecule has 14 heteroatoms. The zero-order valence-electron chi connectivity index (χ0n) is 19.0. The second-order valence-electron chi connectivity index (χ2n) is 7.82. The van der Waals surface area contributed by atoms with Crippen molar-refractivity contribution in [3.05, 3.63) is 35.9 Å². The molecular formula is C21H30N6O8. The van der Waals surface area contributed by atoms with E-state index < -0.39 is 78.6 Å². The molecule has 5 amide bonds. The van der Waals surface area contributed by atoms with E-state index in [0.29, 0.717) is 5.56 Å². The van der Waals surface area contributed by atoms with E-state index in [9.17, 15) is 39.0 Å². The highest BCUT2D eigenvalue weighted by Crippen LogP contribution is 2.06. The molecule has 0 radical (unpaired) electrons. The fraction of sp³-hybridized carbons (Fsp3) is 0.429. The predicted molar refractivity (Wildman–Crippen MR) is 121 cm³/mol. The van der Waals surface area contributed by atoms with E-state index in [-0.39, 0.29) is 6.42 Å². The van der Waals surface area contributed by atoms with Crippen molar-refractivity contribution in [1.82, 2.24) is 16.0 Å². The lowest BCUT2D eigenvalue weighted by Crippen LogP contribution is -2.59. The van der Waals surface area contributed by atoms with Crippen LogP contribution in [0.3, 0.4) is 0 Å². The number of hydrogen-bond donors (Lipinski definition) is 8. The predicted octanol–water partition coefficient (Wildman–Crippen LogP) is -3.77. The van der Waals surface area contributed by atoms with Gasteiger partial charge in [-0.2, -0.15) is 0 Å². The van der Waals surface area contributed by atoms with Gasteiger partial charge in [0.05, 0.1) is 25.0 Å². The third-order valence-corrected chi connectivity index (χ3v) is 4.76. The van der Waals surface area contributed by atoms with E-state index in [2.05, 4.69) is 16.0 Å². The first-order chi connectivity index (χ1) is 16.3. The summed E-state index contributed by atoms with van der Waals surface area (Å²) in [6, 6.07) is 2.40. The van der Waals surface area contributed by atoms with Crippen LogP contribution in [0.2, 0.25) is 0 Å². The summed E-state index contributed by atoms with van der Waals surface area (Å²) in [6.07, 6.45) is -2.72. The van der Waals surface area contributed by atoms with Gasteiger partial charge in [0.2, 0.25) is 29.5 Å². The van der Waals surface area contributed by atoms with E-state index in [1.54, 1.807) is 30.3 Å². The Labute approximate surface area is 200 Å². The van der Waals surface area contributed by atoms with Crippen LogP contribution in [0.4, 0.5) is 0 Å². The van der Waals surface area contributed by atoms with Gasteiger partial charge in [-0.1, -0.05) is 30.3 Å². The molecule has 0 bridgehead atoms. The van der Waals surface area contributed by atoms with Crippen LogP contribution >= 0.6 is 0 Å². The van der Waals surface area contributed by atoms with Crippen LogP contribution < -0.4 is 33.2 Å². The number of hydrogen-bond acceptors (Lipinski definition) is 8. The normalized spacial score (nSPS) is 14.9. The molecule has 0 aliphatic rings. The molecule has 1 aromatic carbocycles. The Kier molecular flexibility index (Phi) is 11.3. The number of benzene rings is 1. The third kappa shape index (κ3) is 10.2. The van der Waals surface area contributed by atoms with Crippen LogP contribution in [0.5, 0.6) is 0 Å². The van der Waals surface area contributed by atoms with Gasteiger partial charge in [0, 0.05) is 6.42 Å². The number of amides is 5. The SMILES string of the molecule is CC(O)C(NC(=O)C(Cc1ccccc1)NC(=O)C(CC(N)=O)NC(=O)C(N)CC(N)=O)C(=O)O. The molecule has 192 valence electrons. The van der Waals surface area contributed by atoms with E-state index in [0.717, 1.165) is 6.92 Å². The second kappa shape index (κ2) is 13.6. The van der Waals surface area contributed by atoms with E-state index in [4.69, 9.17) is 17.2 Å². The van der Waals surface area contributed by atoms with Crippen LogP contribution in [-0.2, 0) is 35.2 Å². The third-order valence-electron chi connectivity index (χ3n) is 4.76. The number of rotatable bonds is 14. The van der Waals surface area contributed by atoms with Gasteiger partial charge in [-0.15, -0.1) is 0 Å². The first-order valence-corrected chi connectivity index (χ1v) is 10.5. The fourth-order valence-electron chi connectivity index (χ4n) is 2.97. The van der Waals surface area contributed by atoms with Crippen molar-refractivity contribution >= 4 is 35.5 Å². The number of primary amides is 2. The highest BCUT2D eigenvalue weighted by molar-refractivity contribution is 5.97. The van der Waals surface area contributed by atoms with Gasteiger partial charge in [0.25, 0.3) is 0 Å². The van der Waals surface area contributed by atoms with E-state index >= 15 is 0 Å². The number of aliphatic hydroxyl groups is 1. The maximum absolute atomic E-state index is 12.9. The minimum absolute atomic E-state index is 0.0943. The molecule has 0 spiro atoms. The zero-order valence-corrected chi connectivity index (χ0v) is 19.0. The lowest BCUT2D eigenvalue weighted by atomic mass is 10.0. The summed E-state index contributed by atoms with van der Waals surface area (Å²) in [5, 5.41) is 25.6. The average Bonchev–Trinajstić information content (AvgIpc) is 2.75. The van der Waals surface area contributed by atoms with Crippen LogP contribution in [-0.4, -0.2) is 76.0 Å². The number of carboxylic acids is 1. The molecule has 1 aromatic rings. The number of aliphatic hydroxyl groups excluding tert-OH is 1. The zero-order chi connectivity index (χ0) is 26.7. The van der Waals surface area contributed by atoms with Crippen molar-refractivity contribution in [3.8, 4) is 0 Å². The Balaban J connectivity index is 3.13. The first-order valence-electron chi connectivity index (χ1n) is 10.5. The van der Waals surface area contributed by atoms with Crippen molar-refractivity contribution in [2.24, 2.45) is 17.2 Å². The van der Waals surface area contributed by atoms with Gasteiger partial charge in [0.15, 0.2) is 6.04 Å². The smallest absolute Gasteiger partial charge is 0.328 e. The summed E-state index contributed by atoms with van der Waals surface area (Å²) in [4.78, 5) is 71.8. The van der Waals surface area contributed by atoms with Crippen LogP contribution in [0.15, 0.2) is 30.3 Å². The maximum atomic E-state index is 12.9. The molecule has 35 heavy (non-hydrogen) atoms. The van der Waals surface area contributed by atoms with Gasteiger partial charge in [-0.05, 0) is 12.5 Å². The van der Waals surface area contributed by atoms with Crippen molar-refractivity contribution in [3.63, 3.8) is 0 Å². The Bertz CT molecular complexity index is 939. The summed E-state index contributed by atoms with van der Waals surface area (Å²) >= 11 is 0. The molecular weight excluding hydrogens is 464 g/mol. The summed E-state index contributed by atoms with van der Waals surface area (Å²) in [7, 11) is 0. The van der Waals surface area contributed by atoms with Crippen LogP contribution in [0.1, 0.15) is 25.3 Å².